The summed E-state index contributed by atoms with van der Waals surface area (Å²) in [5.41, 5.74) is -0.501. The second-order valence-electron chi connectivity index (χ2n) is 5.44. The van der Waals surface area contributed by atoms with Crippen LogP contribution < -0.4 is 15.5 Å². The van der Waals surface area contributed by atoms with Crippen LogP contribution in [-0.2, 0) is 16.1 Å². The summed E-state index contributed by atoms with van der Waals surface area (Å²) in [5, 5.41) is 4.43. The lowest BCUT2D eigenvalue weighted by molar-refractivity contribution is -0.886. The maximum Gasteiger partial charge on any atom is 0.275 e. The van der Waals surface area contributed by atoms with E-state index in [4.69, 9.17) is 4.42 Å². The second-order valence-corrected chi connectivity index (χ2v) is 5.44. The van der Waals surface area contributed by atoms with Gasteiger partial charge in [0.2, 0.25) is 5.91 Å². The third kappa shape index (κ3) is 5.35. The zero-order chi connectivity index (χ0) is 18.4. The van der Waals surface area contributed by atoms with Gasteiger partial charge in [-0.2, -0.15) is 0 Å². The van der Waals surface area contributed by atoms with Crippen LogP contribution >= 0.6 is 0 Å². The molecule has 0 fully saturated rings. The number of carbonyl (C=O) groups is 2. The van der Waals surface area contributed by atoms with E-state index in [0.717, 1.165) is 16.7 Å². The summed E-state index contributed by atoms with van der Waals surface area (Å²) in [6.07, 6.45) is 1.53. The minimum atomic E-state index is -1.68. The van der Waals surface area contributed by atoms with Crippen molar-refractivity contribution >= 4 is 17.5 Å². The molecule has 3 N–H and O–H groups in total. The molecule has 1 aromatic heterocycles. The van der Waals surface area contributed by atoms with Crippen LogP contribution in [-0.4, -0.2) is 32.0 Å². The molecule has 1 aromatic carbocycles. The number of anilines is 1. The minimum Gasteiger partial charge on any atom is -0.463 e. The van der Waals surface area contributed by atoms with Crippen LogP contribution in [0, 0.1) is 17.5 Å². The van der Waals surface area contributed by atoms with Crippen LogP contribution in [0.5, 0.6) is 0 Å². The number of likely N-dealkylation sites (N-methyl/N-ethyl adjacent to an activating group) is 1. The van der Waals surface area contributed by atoms with Crippen molar-refractivity contribution in [2.24, 2.45) is 0 Å². The van der Waals surface area contributed by atoms with Gasteiger partial charge in [-0.15, -0.1) is 0 Å². The Morgan fingerprint density at radius 3 is 2.56 bits per heavy atom. The zero-order valence-electron chi connectivity index (χ0n) is 13.4. The van der Waals surface area contributed by atoms with Crippen LogP contribution in [0.25, 0.3) is 0 Å². The standard InChI is InChI=1S/C16H16F3N3O3/c1-22(8-10-3-2-6-25-10)9-14(24)20-7-13(23)21-12-5-4-11(17)15(18)16(12)19/h2-6H,7-9H2,1H3,(H,20,24)(H,21,23)/p+1. The van der Waals surface area contributed by atoms with Gasteiger partial charge in [0.15, 0.2) is 29.8 Å². The lowest BCUT2D eigenvalue weighted by Gasteiger charge is -2.12. The number of hydrogen-bond donors (Lipinski definition) is 3. The lowest BCUT2D eigenvalue weighted by atomic mass is 10.2. The van der Waals surface area contributed by atoms with E-state index < -0.39 is 41.5 Å². The van der Waals surface area contributed by atoms with Crippen molar-refractivity contribution in [2.75, 3.05) is 25.5 Å². The highest BCUT2D eigenvalue weighted by Crippen LogP contribution is 2.19. The van der Waals surface area contributed by atoms with Crippen molar-refractivity contribution in [3.05, 3.63) is 53.7 Å². The molecule has 0 saturated heterocycles. The van der Waals surface area contributed by atoms with Crippen LogP contribution in [0.4, 0.5) is 18.9 Å². The quantitative estimate of drug-likeness (QED) is 0.631. The summed E-state index contributed by atoms with van der Waals surface area (Å²) >= 11 is 0. The van der Waals surface area contributed by atoms with Gasteiger partial charge in [0.25, 0.3) is 5.91 Å². The number of amides is 2. The van der Waals surface area contributed by atoms with Gasteiger partial charge in [0.05, 0.1) is 25.5 Å². The van der Waals surface area contributed by atoms with Gasteiger partial charge in [-0.05, 0) is 24.3 Å². The largest absolute Gasteiger partial charge is 0.463 e. The fraction of sp³-hybridized carbons (Fsp3) is 0.250. The van der Waals surface area contributed by atoms with Gasteiger partial charge in [0.1, 0.15) is 6.54 Å². The number of nitrogens with one attached hydrogen (secondary N) is 3. The van der Waals surface area contributed by atoms with Gasteiger partial charge < -0.3 is 20.0 Å². The van der Waals surface area contributed by atoms with Crippen molar-refractivity contribution in [1.82, 2.24) is 5.32 Å². The molecule has 2 rings (SSSR count). The van der Waals surface area contributed by atoms with E-state index >= 15 is 0 Å². The molecule has 0 spiro atoms. The van der Waals surface area contributed by atoms with Crippen molar-refractivity contribution in [2.45, 2.75) is 6.54 Å². The first-order chi connectivity index (χ1) is 11.9. The maximum absolute atomic E-state index is 13.4. The smallest absolute Gasteiger partial charge is 0.275 e. The van der Waals surface area contributed by atoms with Gasteiger partial charge in [-0.25, -0.2) is 13.2 Å². The fourth-order valence-corrected chi connectivity index (χ4v) is 2.11. The second kappa shape index (κ2) is 8.34. The number of halogens is 3. The lowest BCUT2D eigenvalue weighted by Crippen LogP contribution is -3.08. The van der Waals surface area contributed by atoms with Gasteiger partial charge >= 0.3 is 0 Å². The first kappa shape index (κ1) is 18.5. The number of furan rings is 1. The average molecular weight is 356 g/mol. The van der Waals surface area contributed by atoms with E-state index in [1.165, 1.54) is 6.26 Å². The van der Waals surface area contributed by atoms with Crippen LogP contribution in [0.2, 0.25) is 0 Å². The maximum atomic E-state index is 13.4. The van der Waals surface area contributed by atoms with E-state index in [1.54, 1.807) is 19.2 Å². The Morgan fingerprint density at radius 1 is 1.12 bits per heavy atom. The average Bonchev–Trinajstić information content (AvgIpc) is 3.06. The molecule has 1 unspecified atom stereocenters. The van der Waals surface area contributed by atoms with Crippen LogP contribution in [0.3, 0.4) is 0 Å². The zero-order valence-corrected chi connectivity index (χ0v) is 13.4. The fourth-order valence-electron chi connectivity index (χ4n) is 2.11. The molecular formula is C16H17F3N3O3+. The van der Waals surface area contributed by atoms with Gasteiger partial charge in [-0.3, -0.25) is 9.59 Å². The number of carbonyl (C=O) groups excluding carboxylic acids is 2. The summed E-state index contributed by atoms with van der Waals surface area (Å²) < 4.78 is 44.5. The molecule has 25 heavy (non-hydrogen) atoms. The monoisotopic (exact) mass is 356 g/mol. The van der Waals surface area contributed by atoms with Crippen molar-refractivity contribution in [1.29, 1.82) is 0 Å². The summed E-state index contributed by atoms with van der Waals surface area (Å²) in [4.78, 5) is 24.3. The Labute approximate surface area is 141 Å². The molecular weight excluding hydrogens is 339 g/mol. The molecule has 0 saturated carbocycles. The predicted octanol–water partition coefficient (Wildman–Crippen LogP) is 0.467. The Morgan fingerprint density at radius 2 is 1.88 bits per heavy atom. The summed E-state index contributed by atoms with van der Waals surface area (Å²) in [6, 6.07) is 5.12. The van der Waals surface area contributed by atoms with E-state index in [9.17, 15) is 22.8 Å². The van der Waals surface area contributed by atoms with Gasteiger partial charge in [-0.1, -0.05) is 0 Å². The molecule has 0 aliphatic heterocycles. The molecule has 0 bridgehead atoms. The molecule has 2 aromatic rings. The Kier molecular flexibility index (Phi) is 6.18. The molecule has 0 radical (unpaired) electrons. The van der Waals surface area contributed by atoms with E-state index in [1.807, 2.05) is 0 Å². The van der Waals surface area contributed by atoms with Crippen molar-refractivity contribution in [3.63, 3.8) is 0 Å². The van der Waals surface area contributed by atoms with E-state index in [2.05, 4.69) is 10.6 Å². The highest BCUT2D eigenvalue weighted by Gasteiger charge is 2.16. The Balaban J connectivity index is 1.77. The summed E-state index contributed by atoms with van der Waals surface area (Å²) in [5.74, 6) is -4.97. The molecule has 134 valence electrons. The van der Waals surface area contributed by atoms with Crippen LogP contribution in [0.15, 0.2) is 34.9 Å². The predicted molar refractivity (Wildman–Crippen MR) is 82.1 cm³/mol. The molecule has 2 amide bonds. The summed E-state index contributed by atoms with van der Waals surface area (Å²) in [6.45, 7) is 0.158. The highest BCUT2D eigenvalue weighted by atomic mass is 19.2. The number of hydrogen-bond acceptors (Lipinski definition) is 3. The topological polar surface area (TPSA) is 75.8 Å². The Bertz CT molecular complexity index is 751. The van der Waals surface area contributed by atoms with Crippen LogP contribution in [0.1, 0.15) is 5.76 Å². The third-order valence-electron chi connectivity index (χ3n) is 3.27. The molecule has 1 atom stereocenters. The minimum absolute atomic E-state index is 0.0908. The van der Waals surface area contributed by atoms with E-state index in [-0.39, 0.29) is 6.54 Å². The first-order valence-electron chi connectivity index (χ1n) is 7.40. The highest BCUT2D eigenvalue weighted by molar-refractivity contribution is 5.94. The molecule has 1 heterocycles. The van der Waals surface area contributed by atoms with Gasteiger partial charge in [0, 0.05) is 0 Å². The first-order valence-corrected chi connectivity index (χ1v) is 7.40. The normalized spacial score (nSPS) is 11.8. The SMILES string of the molecule is C[NH+](CC(=O)NCC(=O)Nc1ccc(F)c(F)c1F)Cc1ccco1. The number of benzene rings is 1. The molecule has 0 aliphatic carbocycles. The third-order valence-corrected chi connectivity index (χ3v) is 3.27. The molecule has 6 nitrogen and oxygen atoms in total. The molecule has 0 aliphatic rings. The van der Waals surface area contributed by atoms with E-state index in [0.29, 0.717) is 12.6 Å². The summed E-state index contributed by atoms with van der Waals surface area (Å²) in [7, 11) is 1.78. The number of quaternary nitrogens is 1. The van der Waals surface area contributed by atoms with Crippen molar-refractivity contribution < 1.29 is 32.1 Å². The molecule has 9 heteroatoms. The number of rotatable bonds is 7. The van der Waals surface area contributed by atoms with Crippen molar-refractivity contribution in [3.8, 4) is 0 Å². The Hall–Kier alpha value is -2.81.